The number of carbonyl (C=O) groups is 3. The summed E-state index contributed by atoms with van der Waals surface area (Å²) >= 11 is 1.35. The average Bonchev–Trinajstić information content (AvgIpc) is 3.01. The molecule has 140 valence electrons. The lowest BCUT2D eigenvalue weighted by Crippen LogP contribution is -2.44. The number of rotatable bonds is 7. The van der Waals surface area contributed by atoms with Gasteiger partial charge in [0.1, 0.15) is 23.1 Å². The molecule has 2 heterocycles. The van der Waals surface area contributed by atoms with E-state index in [4.69, 9.17) is 5.73 Å². The standard InChI is InChI=1S/C14H18N6O5S/c1-24-9(22)4-7(13(23)25-2)17-8(21)5-20-6-16-10-11(20)18-14(15)19-12(10)26-3/h6-7H,4-5H2,1-3H3,(H,17,21)(H2,15,18,19)/t7-/m0/s1. The quantitative estimate of drug-likeness (QED) is 0.359. The fraction of sp³-hybridized carbons (Fsp3) is 0.429. The first-order valence-corrected chi connectivity index (χ1v) is 8.58. The Morgan fingerprint density at radius 1 is 1.31 bits per heavy atom. The van der Waals surface area contributed by atoms with Crippen LogP contribution in [-0.2, 0) is 30.4 Å². The lowest BCUT2D eigenvalue weighted by molar-refractivity contribution is -0.150. The van der Waals surface area contributed by atoms with Gasteiger partial charge in [-0.2, -0.15) is 4.98 Å². The van der Waals surface area contributed by atoms with Gasteiger partial charge in [0.25, 0.3) is 0 Å². The smallest absolute Gasteiger partial charge is 0.328 e. The van der Waals surface area contributed by atoms with E-state index in [1.165, 1.54) is 29.8 Å². The molecule has 0 radical (unpaired) electrons. The predicted molar refractivity (Wildman–Crippen MR) is 92.1 cm³/mol. The third kappa shape index (κ3) is 4.39. The summed E-state index contributed by atoms with van der Waals surface area (Å²) in [6, 6.07) is -1.16. The Balaban J connectivity index is 2.18. The Labute approximate surface area is 152 Å². The molecule has 0 aliphatic heterocycles. The van der Waals surface area contributed by atoms with Gasteiger partial charge in [-0.05, 0) is 6.26 Å². The first kappa shape index (κ1) is 19.4. The minimum atomic E-state index is -1.16. The van der Waals surface area contributed by atoms with Crippen LogP contribution in [0.2, 0.25) is 0 Å². The van der Waals surface area contributed by atoms with Crippen LogP contribution in [0.4, 0.5) is 5.95 Å². The van der Waals surface area contributed by atoms with E-state index >= 15 is 0 Å². The highest BCUT2D eigenvalue weighted by Gasteiger charge is 2.25. The summed E-state index contributed by atoms with van der Waals surface area (Å²) in [5.74, 6) is -1.89. The summed E-state index contributed by atoms with van der Waals surface area (Å²) in [7, 11) is 2.34. The van der Waals surface area contributed by atoms with Crippen LogP contribution in [0.5, 0.6) is 0 Å². The molecule has 11 nitrogen and oxygen atoms in total. The molecule has 0 saturated heterocycles. The van der Waals surface area contributed by atoms with Gasteiger partial charge in [-0.3, -0.25) is 9.59 Å². The molecular formula is C14H18N6O5S. The molecule has 1 amide bonds. The molecule has 2 rings (SSSR count). The Morgan fingerprint density at radius 2 is 2.04 bits per heavy atom. The second-order valence-corrected chi connectivity index (χ2v) is 5.85. The Hall–Kier alpha value is -2.89. The van der Waals surface area contributed by atoms with Crippen molar-refractivity contribution >= 4 is 46.7 Å². The molecule has 12 heteroatoms. The van der Waals surface area contributed by atoms with Crippen LogP contribution in [0.25, 0.3) is 11.2 Å². The Kier molecular flexibility index (Phi) is 6.33. The van der Waals surface area contributed by atoms with Gasteiger partial charge in [0.2, 0.25) is 11.9 Å². The summed E-state index contributed by atoms with van der Waals surface area (Å²) < 4.78 is 10.6. The number of methoxy groups -OCH3 is 2. The molecule has 0 saturated carbocycles. The van der Waals surface area contributed by atoms with E-state index < -0.39 is 23.9 Å². The van der Waals surface area contributed by atoms with Crippen molar-refractivity contribution in [2.45, 2.75) is 24.0 Å². The number of nitrogens with zero attached hydrogens (tertiary/aromatic N) is 4. The van der Waals surface area contributed by atoms with Crippen molar-refractivity contribution in [3.63, 3.8) is 0 Å². The number of hydrogen-bond donors (Lipinski definition) is 2. The molecule has 26 heavy (non-hydrogen) atoms. The van der Waals surface area contributed by atoms with Crippen molar-refractivity contribution in [3.05, 3.63) is 6.33 Å². The van der Waals surface area contributed by atoms with E-state index in [2.05, 4.69) is 29.7 Å². The van der Waals surface area contributed by atoms with Crippen molar-refractivity contribution in [1.29, 1.82) is 0 Å². The van der Waals surface area contributed by atoms with Gasteiger partial charge in [-0.15, -0.1) is 11.8 Å². The van der Waals surface area contributed by atoms with E-state index in [0.717, 1.165) is 7.11 Å². The fourth-order valence-corrected chi connectivity index (χ4v) is 2.69. The van der Waals surface area contributed by atoms with Crippen molar-refractivity contribution in [2.75, 3.05) is 26.2 Å². The second-order valence-electron chi connectivity index (χ2n) is 5.06. The number of hydrogen-bond acceptors (Lipinski definition) is 10. The number of esters is 2. The Morgan fingerprint density at radius 3 is 2.65 bits per heavy atom. The van der Waals surface area contributed by atoms with Crippen LogP contribution in [0.3, 0.4) is 0 Å². The average molecular weight is 382 g/mol. The number of nitrogens with one attached hydrogen (secondary N) is 1. The molecule has 0 unspecified atom stereocenters. The van der Waals surface area contributed by atoms with Crippen LogP contribution in [-0.4, -0.2) is 63.9 Å². The number of nitrogen functional groups attached to an aromatic ring is 1. The number of ether oxygens (including phenoxy) is 2. The van der Waals surface area contributed by atoms with Crippen molar-refractivity contribution in [2.24, 2.45) is 0 Å². The lowest BCUT2D eigenvalue weighted by atomic mass is 10.2. The summed E-state index contributed by atoms with van der Waals surface area (Å²) in [4.78, 5) is 47.8. The van der Waals surface area contributed by atoms with E-state index in [-0.39, 0.29) is 18.9 Å². The second kappa shape index (κ2) is 8.47. The molecule has 0 aromatic carbocycles. The van der Waals surface area contributed by atoms with E-state index in [0.29, 0.717) is 16.2 Å². The van der Waals surface area contributed by atoms with E-state index in [9.17, 15) is 14.4 Å². The molecular weight excluding hydrogens is 364 g/mol. The SMILES string of the molecule is COC(=O)C[C@H](NC(=O)Cn1cnc2c(SC)nc(N)nc21)C(=O)OC. The number of amides is 1. The molecule has 0 bridgehead atoms. The molecule has 1 atom stereocenters. The Bertz CT molecular complexity index is 839. The van der Waals surface area contributed by atoms with Gasteiger partial charge in [0.15, 0.2) is 5.65 Å². The van der Waals surface area contributed by atoms with E-state index in [1.807, 2.05) is 6.26 Å². The molecule has 2 aromatic rings. The molecule has 2 aromatic heterocycles. The monoisotopic (exact) mass is 382 g/mol. The van der Waals surface area contributed by atoms with Gasteiger partial charge in [-0.25, -0.2) is 14.8 Å². The maximum Gasteiger partial charge on any atom is 0.328 e. The van der Waals surface area contributed by atoms with Crippen LogP contribution >= 0.6 is 11.8 Å². The zero-order valence-electron chi connectivity index (χ0n) is 14.4. The van der Waals surface area contributed by atoms with Crippen LogP contribution < -0.4 is 11.1 Å². The van der Waals surface area contributed by atoms with Gasteiger partial charge in [0.05, 0.1) is 27.0 Å². The molecule has 3 N–H and O–H groups in total. The maximum absolute atomic E-state index is 12.3. The number of anilines is 1. The largest absolute Gasteiger partial charge is 0.469 e. The lowest BCUT2D eigenvalue weighted by Gasteiger charge is -2.15. The van der Waals surface area contributed by atoms with Crippen LogP contribution in [0.15, 0.2) is 11.4 Å². The highest BCUT2D eigenvalue weighted by molar-refractivity contribution is 7.98. The summed E-state index contributed by atoms with van der Waals surface area (Å²) in [6.07, 6.45) is 2.90. The normalized spacial score (nSPS) is 11.8. The van der Waals surface area contributed by atoms with Crippen molar-refractivity contribution in [3.8, 4) is 0 Å². The number of thioether (sulfide) groups is 1. The number of carbonyl (C=O) groups excluding carboxylic acids is 3. The number of aromatic nitrogens is 4. The predicted octanol–water partition coefficient (Wildman–Crippen LogP) is -0.649. The summed E-state index contributed by atoms with van der Waals surface area (Å²) in [5.41, 5.74) is 6.58. The topological polar surface area (TPSA) is 151 Å². The van der Waals surface area contributed by atoms with Gasteiger partial charge in [0, 0.05) is 0 Å². The summed E-state index contributed by atoms with van der Waals surface area (Å²) in [5, 5.41) is 3.02. The van der Waals surface area contributed by atoms with Gasteiger partial charge in [-0.1, -0.05) is 0 Å². The molecule has 0 fully saturated rings. The molecule has 0 aliphatic rings. The van der Waals surface area contributed by atoms with Gasteiger partial charge < -0.3 is 25.1 Å². The minimum Gasteiger partial charge on any atom is -0.469 e. The third-order valence-electron chi connectivity index (χ3n) is 3.38. The number of fused-ring (bicyclic) bond motifs is 1. The zero-order chi connectivity index (χ0) is 19.3. The minimum absolute atomic E-state index is 0.0575. The highest BCUT2D eigenvalue weighted by atomic mass is 32.2. The summed E-state index contributed by atoms with van der Waals surface area (Å²) in [6.45, 7) is -0.185. The maximum atomic E-state index is 12.3. The molecule has 0 spiro atoms. The van der Waals surface area contributed by atoms with E-state index in [1.54, 1.807) is 0 Å². The number of nitrogens with two attached hydrogens (primary N) is 1. The fourth-order valence-electron chi connectivity index (χ4n) is 2.17. The first-order valence-electron chi connectivity index (χ1n) is 7.36. The zero-order valence-corrected chi connectivity index (χ0v) is 15.2. The van der Waals surface area contributed by atoms with Crippen molar-refractivity contribution in [1.82, 2.24) is 24.8 Å². The van der Waals surface area contributed by atoms with Gasteiger partial charge >= 0.3 is 11.9 Å². The number of imidazole rings is 1. The third-order valence-corrected chi connectivity index (χ3v) is 4.05. The molecule has 0 aliphatic carbocycles. The van der Waals surface area contributed by atoms with Crippen molar-refractivity contribution < 1.29 is 23.9 Å². The highest BCUT2D eigenvalue weighted by Crippen LogP contribution is 2.22. The first-order chi connectivity index (χ1) is 12.4. The van der Waals surface area contributed by atoms with Crippen LogP contribution in [0, 0.1) is 0 Å². The van der Waals surface area contributed by atoms with Crippen LogP contribution in [0.1, 0.15) is 6.42 Å².